The molecule has 14 heavy (non-hydrogen) atoms. The molecule has 4 heteroatoms. The van der Waals surface area contributed by atoms with Crippen LogP contribution in [0, 0.1) is 13.8 Å². The summed E-state index contributed by atoms with van der Waals surface area (Å²) >= 11 is 5.57. The minimum Gasteiger partial charge on any atom is -0.407 e. The van der Waals surface area contributed by atoms with Gasteiger partial charge in [-0.1, -0.05) is 23.3 Å². The second-order valence-corrected chi connectivity index (χ2v) is 3.45. The summed E-state index contributed by atoms with van der Waals surface area (Å²) in [6.45, 7) is 4.00. The number of benzene rings is 1. The minimum atomic E-state index is 0.0719. The minimum absolute atomic E-state index is 0.0719. The molecule has 0 spiro atoms. The van der Waals surface area contributed by atoms with Crippen molar-refractivity contribution < 1.29 is 4.42 Å². The van der Waals surface area contributed by atoms with Crippen molar-refractivity contribution in [1.82, 2.24) is 10.2 Å². The quantitative estimate of drug-likeness (QED) is 0.723. The fraction of sp³-hybridized carbons (Fsp3) is 0.200. The van der Waals surface area contributed by atoms with E-state index in [-0.39, 0.29) is 5.35 Å². The SMILES string of the molecule is Cc1cccc(C)c1-c1nnc(Cl)o1. The van der Waals surface area contributed by atoms with Gasteiger partial charge in [0.2, 0.25) is 5.89 Å². The zero-order chi connectivity index (χ0) is 10.1. The molecule has 0 aliphatic heterocycles. The van der Waals surface area contributed by atoms with Crippen LogP contribution in [0.25, 0.3) is 11.5 Å². The molecule has 0 unspecified atom stereocenters. The van der Waals surface area contributed by atoms with Crippen LogP contribution in [0.2, 0.25) is 5.35 Å². The van der Waals surface area contributed by atoms with E-state index in [0.29, 0.717) is 5.89 Å². The molecule has 3 nitrogen and oxygen atoms in total. The number of halogens is 1. The highest BCUT2D eigenvalue weighted by molar-refractivity contribution is 6.27. The Kier molecular flexibility index (Phi) is 2.25. The van der Waals surface area contributed by atoms with Gasteiger partial charge in [-0.2, -0.15) is 0 Å². The van der Waals surface area contributed by atoms with Crippen LogP contribution in [-0.4, -0.2) is 10.2 Å². The molecule has 0 radical (unpaired) electrons. The first-order valence-electron chi connectivity index (χ1n) is 4.24. The fourth-order valence-electron chi connectivity index (χ4n) is 1.46. The van der Waals surface area contributed by atoms with Crippen LogP contribution in [0.1, 0.15) is 11.1 Å². The van der Waals surface area contributed by atoms with E-state index >= 15 is 0 Å². The number of aromatic nitrogens is 2. The summed E-state index contributed by atoms with van der Waals surface area (Å²) in [4.78, 5) is 0. The lowest BCUT2D eigenvalue weighted by Gasteiger charge is -2.03. The lowest BCUT2D eigenvalue weighted by molar-refractivity contribution is 0.570. The Morgan fingerprint density at radius 2 is 1.79 bits per heavy atom. The van der Waals surface area contributed by atoms with Crippen molar-refractivity contribution in [3.8, 4) is 11.5 Å². The van der Waals surface area contributed by atoms with E-state index in [1.54, 1.807) is 0 Å². The van der Waals surface area contributed by atoms with Crippen LogP contribution in [0.5, 0.6) is 0 Å². The van der Waals surface area contributed by atoms with Crippen molar-refractivity contribution in [2.45, 2.75) is 13.8 Å². The highest BCUT2D eigenvalue weighted by atomic mass is 35.5. The standard InChI is InChI=1S/C10H9ClN2O/c1-6-4-3-5-7(2)8(6)9-12-13-10(11)14-9/h3-5H,1-2H3. The summed E-state index contributed by atoms with van der Waals surface area (Å²) in [5, 5.41) is 7.55. The number of nitrogens with zero attached hydrogens (tertiary/aromatic N) is 2. The van der Waals surface area contributed by atoms with Gasteiger partial charge in [-0.15, -0.1) is 5.10 Å². The zero-order valence-electron chi connectivity index (χ0n) is 7.91. The van der Waals surface area contributed by atoms with Crippen LogP contribution in [-0.2, 0) is 0 Å². The molecule has 1 aromatic heterocycles. The first kappa shape index (κ1) is 9.21. The molecule has 72 valence electrons. The van der Waals surface area contributed by atoms with Crippen molar-refractivity contribution in [2.75, 3.05) is 0 Å². The highest BCUT2D eigenvalue weighted by Crippen LogP contribution is 2.26. The van der Waals surface area contributed by atoms with Crippen LogP contribution >= 0.6 is 11.6 Å². The molecular formula is C10H9ClN2O. The van der Waals surface area contributed by atoms with Crippen molar-refractivity contribution in [1.29, 1.82) is 0 Å². The molecule has 1 heterocycles. The molecule has 0 saturated carbocycles. The Labute approximate surface area is 86.7 Å². The molecule has 0 bridgehead atoms. The van der Waals surface area contributed by atoms with Gasteiger partial charge in [-0.25, -0.2) is 0 Å². The van der Waals surface area contributed by atoms with Gasteiger partial charge in [0.15, 0.2) is 0 Å². The molecule has 0 fully saturated rings. The van der Waals surface area contributed by atoms with Crippen molar-refractivity contribution in [3.05, 3.63) is 34.7 Å². The Balaban J connectivity index is 2.61. The third-order valence-corrected chi connectivity index (χ3v) is 2.25. The Hall–Kier alpha value is -1.35. The van der Waals surface area contributed by atoms with Crippen LogP contribution in [0.3, 0.4) is 0 Å². The van der Waals surface area contributed by atoms with Gasteiger partial charge >= 0.3 is 5.35 Å². The first-order chi connectivity index (χ1) is 6.68. The third kappa shape index (κ3) is 1.51. The largest absolute Gasteiger partial charge is 0.407 e. The summed E-state index contributed by atoms with van der Waals surface area (Å²) in [7, 11) is 0. The lowest BCUT2D eigenvalue weighted by atomic mass is 10.0. The van der Waals surface area contributed by atoms with E-state index in [4.69, 9.17) is 16.0 Å². The first-order valence-corrected chi connectivity index (χ1v) is 4.62. The highest BCUT2D eigenvalue weighted by Gasteiger charge is 2.11. The van der Waals surface area contributed by atoms with Gasteiger partial charge in [0, 0.05) is 5.56 Å². The molecule has 1 aromatic carbocycles. The van der Waals surface area contributed by atoms with Gasteiger partial charge in [0.1, 0.15) is 0 Å². The molecule has 0 atom stereocenters. The van der Waals surface area contributed by atoms with Crippen molar-refractivity contribution in [3.63, 3.8) is 0 Å². The molecule has 0 N–H and O–H groups in total. The smallest absolute Gasteiger partial charge is 0.313 e. The number of rotatable bonds is 1. The molecule has 0 amide bonds. The maximum atomic E-state index is 5.57. The molecule has 2 aromatic rings. The van der Waals surface area contributed by atoms with E-state index in [1.165, 1.54) is 0 Å². The van der Waals surface area contributed by atoms with Gasteiger partial charge in [0.05, 0.1) is 0 Å². The summed E-state index contributed by atoms with van der Waals surface area (Å²) in [5.74, 6) is 0.477. The zero-order valence-corrected chi connectivity index (χ0v) is 8.67. The average molecular weight is 209 g/mol. The second kappa shape index (κ2) is 3.42. The molecule has 0 aliphatic carbocycles. The molecule has 2 rings (SSSR count). The summed E-state index contributed by atoms with van der Waals surface area (Å²) < 4.78 is 5.17. The van der Waals surface area contributed by atoms with Gasteiger partial charge in [-0.05, 0) is 36.6 Å². The number of hydrogen-bond acceptors (Lipinski definition) is 3. The topological polar surface area (TPSA) is 38.9 Å². The van der Waals surface area contributed by atoms with E-state index in [0.717, 1.165) is 16.7 Å². The molecular weight excluding hydrogens is 200 g/mol. The van der Waals surface area contributed by atoms with E-state index in [9.17, 15) is 0 Å². The molecule has 0 aliphatic rings. The predicted octanol–water partition coefficient (Wildman–Crippen LogP) is 3.01. The van der Waals surface area contributed by atoms with Crippen molar-refractivity contribution in [2.24, 2.45) is 0 Å². The average Bonchev–Trinajstić information content (AvgIpc) is 2.51. The third-order valence-electron chi connectivity index (χ3n) is 2.10. The van der Waals surface area contributed by atoms with Crippen LogP contribution in [0.4, 0.5) is 0 Å². The monoisotopic (exact) mass is 208 g/mol. The summed E-state index contributed by atoms with van der Waals surface area (Å²) in [5.41, 5.74) is 3.17. The Morgan fingerprint density at radius 1 is 1.14 bits per heavy atom. The predicted molar refractivity (Wildman–Crippen MR) is 54.2 cm³/mol. The van der Waals surface area contributed by atoms with E-state index < -0.39 is 0 Å². The van der Waals surface area contributed by atoms with Crippen LogP contribution < -0.4 is 0 Å². The Morgan fingerprint density at radius 3 is 2.29 bits per heavy atom. The number of aryl methyl sites for hydroxylation is 2. The maximum Gasteiger partial charge on any atom is 0.313 e. The summed E-state index contributed by atoms with van der Waals surface area (Å²) in [6.07, 6.45) is 0. The summed E-state index contributed by atoms with van der Waals surface area (Å²) in [6, 6.07) is 5.99. The van der Waals surface area contributed by atoms with Crippen LogP contribution in [0.15, 0.2) is 22.6 Å². The maximum absolute atomic E-state index is 5.57. The van der Waals surface area contributed by atoms with Crippen molar-refractivity contribution >= 4 is 11.6 Å². The second-order valence-electron chi connectivity index (χ2n) is 3.13. The normalized spacial score (nSPS) is 10.5. The number of hydrogen-bond donors (Lipinski definition) is 0. The molecule has 0 saturated heterocycles. The van der Waals surface area contributed by atoms with Gasteiger partial charge < -0.3 is 4.42 Å². The fourth-order valence-corrected chi connectivity index (χ4v) is 1.57. The van der Waals surface area contributed by atoms with Gasteiger partial charge in [0.25, 0.3) is 0 Å². The van der Waals surface area contributed by atoms with E-state index in [2.05, 4.69) is 10.2 Å². The lowest BCUT2D eigenvalue weighted by Crippen LogP contribution is -1.87. The van der Waals surface area contributed by atoms with E-state index in [1.807, 2.05) is 32.0 Å². The van der Waals surface area contributed by atoms with Gasteiger partial charge in [-0.3, -0.25) is 0 Å². The Bertz CT molecular complexity index is 445.